The van der Waals surface area contributed by atoms with Gasteiger partial charge in [0.15, 0.2) is 0 Å². The maximum absolute atomic E-state index is 8.94. The minimum absolute atomic E-state index is 0.198. The average Bonchev–Trinajstić information content (AvgIpc) is 2.33. The van der Waals surface area contributed by atoms with E-state index in [0.29, 0.717) is 6.54 Å². The number of hydrogen-bond acceptors (Lipinski definition) is 5. The predicted molar refractivity (Wildman–Crippen MR) is 67.3 cm³/mol. The standard InChI is InChI=1S/C12H26N2O3/c1-2-13-4-9-16-11-6-14(3-8-15)7-12-17-10-5-13/h15H,2-12H2,1H3. The molecule has 1 N–H and O–H groups in total. The van der Waals surface area contributed by atoms with Gasteiger partial charge in [-0.25, -0.2) is 0 Å². The molecule has 1 rings (SSSR count). The molecule has 1 heterocycles. The lowest BCUT2D eigenvalue weighted by Crippen LogP contribution is -2.36. The van der Waals surface area contributed by atoms with Gasteiger partial charge >= 0.3 is 0 Å². The zero-order chi connectivity index (χ0) is 12.3. The van der Waals surface area contributed by atoms with E-state index in [2.05, 4.69) is 16.7 Å². The maximum Gasteiger partial charge on any atom is 0.0594 e. The topological polar surface area (TPSA) is 45.2 Å². The van der Waals surface area contributed by atoms with Crippen LogP contribution in [0.4, 0.5) is 0 Å². The molecular weight excluding hydrogens is 220 g/mol. The number of rotatable bonds is 3. The molecule has 5 nitrogen and oxygen atoms in total. The van der Waals surface area contributed by atoms with Gasteiger partial charge < -0.3 is 14.6 Å². The molecule has 1 aliphatic heterocycles. The molecule has 0 atom stereocenters. The number of ether oxygens (including phenoxy) is 2. The van der Waals surface area contributed by atoms with Crippen LogP contribution >= 0.6 is 0 Å². The van der Waals surface area contributed by atoms with E-state index in [0.717, 1.165) is 59.2 Å². The summed E-state index contributed by atoms with van der Waals surface area (Å²) in [7, 11) is 0. The van der Waals surface area contributed by atoms with E-state index in [4.69, 9.17) is 14.6 Å². The Morgan fingerprint density at radius 2 is 1.35 bits per heavy atom. The number of nitrogens with zero attached hydrogens (tertiary/aromatic N) is 2. The van der Waals surface area contributed by atoms with Crippen LogP contribution in [-0.4, -0.2) is 87.2 Å². The van der Waals surface area contributed by atoms with Gasteiger partial charge in [0.2, 0.25) is 0 Å². The lowest BCUT2D eigenvalue weighted by molar-refractivity contribution is 0.0353. The van der Waals surface area contributed by atoms with E-state index < -0.39 is 0 Å². The molecule has 0 radical (unpaired) electrons. The van der Waals surface area contributed by atoms with E-state index in [1.807, 2.05) is 0 Å². The van der Waals surface area contributed by atoms with Crippen molar-refractivity contribution in [3.63, 3.8) is 0 Å². The summed E-state index contributed by atoms with van der Waals surface area (Å²) in [5, 5.41) is 8.94. The second-order valence-electron chi connectivity index (χ2n) is 4.22. The van der Waals surface area contributed by atoms with Crippen molar-refractivity contribution in [1.82, 2.24) is 9.80 Å². The first-order chi connectivity index (χ1) is 8.36. The van der Waals surface area contributed by atoms with Crippen molar-refractivity contribution in [2.75, 3.05) is 72.3 Å². The van der Waals surface area contributed by atoms with Crippen molar-refractivity contribution < 1.29 is 14.6 Å². The monoisotopic (exact) mass is 246 g/mol. The summed E-state index contributed by atoms with van der Waals surface area (Å²) in [6.07, 6.45) is 0. The molecule has 0 aromatic rings. The summed E-state index contributed by atoms with van der Waals surface area (Å²) in [6.45, 7) is 10.8. The fourth-order valence-corrected chi connectivity index (χ4v) is 1.88. The average molecular weight is 246 g/mol. The van der Waals surface area contributed by atoms with Crippen molar-refractivity contribution >= 4 is 0 Å². The van der Waals surface area contributed by atoms with Gasteiger partial charge in [-0.1, -0.05) is 6.92 Å². The summed E-state index contributed by atoms with van der Waals surface area (Å²) in [4.78, 5) is 4.52. The Morgan fingerprint density at radius 1 is 0.882 bits per heavy atom. The van der Waals surface area contributed by atoms with E-state index in [9.17, 15) is 0 Å². The van der Waals surface area contributed by atoms with Crippen LogP contribution in [0, 0.1) is 0 Å². The first-order valence-corrected chi connectivity index (χ1v) is 6.58. The number of likely N-dealkylation sites (N-methyl/N-ethyl adjacent to an activating group) is 1. The Morgan fingerprint density at radius 3 is 1.76 bits per heavy atom. The summed E-state index contributed by atoms with van der Waals surface area (Å²) >= 11 is 0. The Labute approximate surface area is 104 Å². The second kappa shape index (κ2) is 9.79. The molecule has 1 saturated heterocycles. The van der Waals surface area contributed by atoms with Crippen LogP contribution in [-0.2, 0) is 9.47 Å². The van der Waals surface area contributed by atoms with Gasteiger partial charge in [-0.15, -0.1) is 0 Å². The van der Waals surface area contributed by atoms with Crippen molar-refractivity contribution in [2.45, 2.75) is 6.92 Å². The second-order valence-corrected chi connectivity index (χ2v) is 4.22. The molecule has 0 spiro atoms. The molecule has 0 amide bonds. The summed E-state index contributed by atoms with van der Waals surface area (Å²) in [5.41, 5.74) is 0. The van der Waals surface area contributed by atoms with Crippen LogP contribution in [0.2, 0.25) is 0 Å². The molecule has 17 heavy (non-hydrogen) atoms. The van der Waals surface area contributed by atoms with Crippen LogP contribution in [0.5, 0.6) is 0 Å². The van der Waals surface area contributed by atoms with Gasteiger partial charge in [-0.05, 0) is 6.54 Å². The van der Waals surface area contributed by atoms with Gasteiger partial charge in [0.25, 0.3) is 0 Å². The number of β-amino-alcohol motifs (C(OH)–C–C–N with tert-alkyl or cyclic N) is 1. The number of aliphatic hydroxyl groups excluding tert-OH is 1. The molecule has 102 valence electrons. The lowest BCUT2D eigenvalue weighted by atomic mass is 10.4. The van der Waals surface area contributed by atoms with Crippen LogP contribution < -0.4 is 0 Å². The summed E-state index contributed by atoms with van der Waals surface area (Å²) in [5.74, 6) is 0. The quantitative estimate of drug-likeness (QED) is 0.737. The number of aliphatic hydroxyl groups is 1. The molecule has 0 aliphatic carbocycles. The fraction of sp³-hybridized carbons (Fsp3) is 1.00. The van der Waals surface area contributed by atoms with E-state index in [1.54, 1.807) is 0 Å². The third-order valence-corrected chi connectivity index (χ3v) is 3.07. The molecule has 5 heteroatoms. The fourth-order valence-electron chi connectivity index (χ4n) is 1.88. The Bertz CT molecular complexity index is 167. The van der Waals surface area contributed by atoms with Crippen molar-refractivity contribution in [2.24, 2.45) is 0 Å². The van der Waals surface area contributed by atoms with Crippen molar-refractivity contribution in [1.29, 1.82) is 0 Å². The molecule has 0 aromatic carbocycles. The maximum atomic E-state index is 8.94. The van der Waals surface area contributed by atoms with Gasteiger partial charge in [0, 0.05) is 32.7 Å². The third-order valence-electron chi connectivity index (χ3n) is 3.07. The van der Waals surface area contributed by atoms with Gasteiger partial charge in [0.1, 0.15) is 0 Å². The molecule has 1 fully saturated rings. The van der Waals surface area contributed by atoms with Crippen LogP contribution in [0.3, 0.4) is 0 Å². The highest BCUT2D eigenvalue weighted by molar-refractivity contribution is 4.59. The molecule has 1 aliphatic rings. The van der Waals surface area contributed by atoms with E-state index in [1.165, 1.54) is 0 Å². The first kappa shape index (κ1) is 14.9. The van der Waals surface area contributed by atoms with Crippen LogP contribution in [0.15, 0.2) is 0 Å². The van der Waals surface area contributed by atoms with E-state index >= 15 is 0 Å². The van der Waals surface area contributed by atoms with Crippen molar-refractivity contribution in [3.8, 4) is 0 Å². The van der Waals surface area contributed by atoms with Crippen LogP contribution in [0.25, 0.3) is 0 Å². The molecule has 0 unspecified atom stereocenters. The minimum atomic E-state index is 0.198. The first-order valence-electron chi connectivity index (χ1n) is 6.58. The smallest absolute Gasteiger partial charge is 0.0594 e. The minimum Gasteiger partial charge on any atom is -0.395 e. The van der Waals surface area contributed by atoms with E-state index in [-0.39, 0.29) is 6.61 Å². The Kier molecular flexibility index (Phi) is 8.56. The predicted octanol–water partition coefficient (Wildman–Crippen LogP) is -0.351. The highest BCUT2D eigenvalue weighted by atomic mass is 16.5. The highest BCUT2D eigenvalue weighted by Crippen LogP contribution is 1.94. The summed E-state index contributed by atoms with van der Waals surface area (Å²) < 4.78 is 11.2. The molecule has 0 aromatic heterocycles. The largest absolute Gasteiger partial charge is 0.395 e. The Balaban J connectivity index is 2.27. The third kappa shape index (κ3) is 6.95. The summed E-state index contributed by atoms with van der Waals surface area (Å²) in [6, 6.07) is 0. The van der Waals surface area contributed by atoms with Gasteiger partial charge in [-0.3, -0.25) is 9.80 Å². The molecule has 0 bridgehead atoms. The van der Waals surface area contributed by atoms with Gasteiger partial charge in [-0.2, -0.15) is 0 Å². The number of hydrogen-bond donors (Lipinski definition) is 1. The molecule has 0 saturated carbocycles. The zero-order valence-electron chi connectivity index (χ0n) is 10.9. The lowest BCUT2D eigenvalue weighted by Gasteiger charge is -2.24. The Hall–Kier alpha value is -0.200. The highest BCUT2D eigenvalue weighted by Gasteiger charge is 2.07. The normalized spacial score (nSPS) is 22.9. The van der Waals surface area contributed by atoms with Crippen molar-refractivity contribution in [3.05, 3.63) is 0 Å². The zero-order valence-corrected chi connectivity index (χ0v) is 10.9. The van der Waals surface area contributed by atoms with Crippen LogP contribution in [0.1, 0.15) is 6.92 Å². The SMILES string of the molecule is CCN1CCOCCN(CCO)CCOCC1. The molecular formula is C12H26N2O3. The van der Waals surface area contributed by atoms with Gasteiger partial charge in [0.05, 0.1) is 33.0 Å².